The molecule has 0 bridgehead atoms. The molecule has 0 aliphatic heterocycles. The van der Waals surface area contributed by atoms with Crippen molar-refractivity contribution in [3.05, 3.63) is 98.3 Å². The van der Waals surface area contributed by atoms with Crippen LogP contribution in [0.1, 0.15) is 21.5 Å². The first-order valence-electron chi connectivity index (χ1n) is 9.99. The summed E-state index contributed by atoms with van der Waals surface area (Å²) in [6, 6.07) is 16.1. The van der Waals surface area contributed by atoms with Gasteiger partial charge in [0, 0.05) is 19.8 Å². The van der Waals surface area contributed by atoms with Crippen molar-refractivity contribution in [1.29, 1.82) is 0 Å². The van der Waals surface area contributed by atoms with Gasteiger partial charge < -0.3 is 10.1 Å². The van der Waals surface area contributed by atoms with E-state index in [1.54, 1.807) is 31.4 Å². The van der Waals surface area contributed by atoms with Crippen molar-refractivity contribution in [2.45, 2.75) is 13.5 Å². The average molecular weight is 430 g/mol. The van der Waals surface area contributed by atoms with Crippen LogP contribution in [0.2, 0.25) is 0 Å². The predicted molar refractivity (Wildman–Crippen MR) is 121 cm³/mol. The highest BCUT2D eigenvalue weighted by molar-refractivity contribution is 5.96. The van der Waals surface area contributed by atoms with Crippen molar-refractivity contribution in [2.24, 2.45) is 7.05 Å². The number of fused-ring (bicyclic) bond motifs is 1. The van der Waals surface area contributed by atoms with Crippen LogP contribution >= 0.6 is 0 Å². The average Bonchev–Trinajstić information content (AvgIpc) is 2.82. The Morgan fingerprint density at radius 2 is 1.81 bits per heavy atom. The van der Waals surface area contributed by atoms with Crippen molar-refractivity contribution >= 4 is 16.9 Å². The van der Waals surface area contributed by atoms with Gasteiger partial charge >= 0.3 is 5.69 Å². The number of nitrogens with one attached hydrogen (secondary N) is 1. The van der Waals surface area contributed by atoms with Crippen molar-refractivity contribution in [3.63, 3.8) is 0 Å². The minimum absolute atomic E-state index is 0.173. The summed E-state index contributed by atoms with van der Waals surface area (Å²) in [6.45, 7) is 2.33. The number of rotatable bonds is 5. The van der Waals surface area contributed by atoms with Crippen LogP contribution in [0.15, 0.2) is 70.4 Å². The first-order valence-corrected chi connectivity index (χ1v) is 9.99. The van der Waals surface area contributed by atoms with Crippen LogP contribution in [0.25, 0.3) is 16.7 Å². The fourth-order valence-corrected chi connectivity index (χ4v) is 3.48. The molecule has 8 heteroatoms. The second-order valence-corrected chi connectivity index (χ2v) is 7.38. The molecule has 0 radical (unpaired) electrons. The zero-order valence-corrected chi connectivity index (χ0v) is 18.0. The zero-order valence-electron chi connectivity index (χ0n) is 18.0. The second kappa shape index (κ2) is 8.50. The Balaban J connectivity index is 1.75. The number of amides is 1. The number of methoxy groups -OCH3 is 1. The molecule has 4 rings (SSSR count). The van der Waals surface area contributed by atoms with Gasteiger partial charge in [0.05, 0.1) is 23.7 Å². The summed E-state index contributed by atoms with van der Waals surface area (Å²) in [6.07, 6.45) is 1.37. The Kier molecular flexibility index (Phi) is 5.59. The maximum Gasteiger partial charge on any atom is 0.337 e. The third-order valence-electron chi connectivity index (χ3n) is 5.39. The minimum atomic E-state index is -0.531. The van der Waals surface area contributed by atoms with Crippen molar-refractivity contribution in [3.8, 4) is 11.4 Å². The molecule has 162 valence electrons. The molecule has 1 amide bonds. The zero-order chi connectivity index (χ0) is 22.8. The van der Waals surface area contributed by atoms with Gasteiger partial charge in [-0.2, -0.15) is 0 Å². The first-order chi connectivity index (χ1) is 15.4. The van der Waals surface area contributed by atoms with E-state index in [1.165, 1.54) is 23.9 Å². The summed E-state index contributed by atoms with van der Waals surface area (Å²) in [5.41, 5.74) is 1.97. The number of benzene rings is 2. The molecule has 32 heavy (non-hydrogen) atoms. The molecule has 0 aliphatic carbocycles. The lowest BCUT2D eigenvalue weighted by atomic mass is 10.1. The summed E-state index contributed by atoms with van der Waals surface area (Å²) < 4.78 is 7.51. The van der Waals surface area contributed by atoms with Gasteiger partial charge in [0.25, 0.3) is 11.5 Å². The molecule has 4 aromatic rings. The Morgan fingerprint density at radius 1 is 1.09 bits per heavy atom. The number of aryl methyl sites for hydroxylation is 1. The Morgan fingerprint density at radius 3 is 2.50 bits per heavy atom. The maximum atomic E-state index is 12.8. The molecule has 1 N–H and O–H groups in total. The molecule has 2 heterocycles. The summed E-state index contributed by atoms with van der Waals surface area (Å²) >= 11 is 0. The molecule has 2 aromatic heterocycles. The third kappa shape index (κ3) is 3.78. The molecule has 0 spiro atoms. The van der Waals surface area contributed by atoms with E-state index in [0.29, 0.717) is 18.0 Å². The van der Waals surface area contributed by atoms with Crippen LogP contribution < -0.4 is 21.3 Å². The predicted octanol–water partition coefficient (Wildman–Crippen LogP) is 2.33. The molecular weight excluding hydrogens is 408 g/mol. The normalized spacial score (nSPS) is 10.8. The monoisotopic (exact) mass is 430 g/mol. The molecule has 0 fully saturated rings. The van der Waals surface area contributed by atoms with Crippen LogP contribution in [-0.4, -0.2) is 27.1 Å². The van der Waals surface area contributed by atoms with Crippen LogP contribution in [0.4, 0.5) is 0 Å². The summed E-state index contributed by atoms with van der Waals surface area (Å²) in [5, 5.41) is 3.03. The highest BCUT2D eigenvalue weighted by atomic mass is 16.5. The molecule has 0 unspecified atom stereocenters. The summed E-state index contributed by atoms with van der Waals surface area (Å²) in [5.74, 6) is 0.281. The lowest BCUT2D eigenvalue weighted by molar-refractivity contribution is 0.0950. The number of pyridine rings is 1. The first kappa shape index (κ1) is 21.0. The van der Waals surface area contributed by atoms with E-state index >= 15 is 0 Å². The standard InChI is InChI=1S/C24H22N4O4/c1-15-6-4-5-7-16(15)13-26-22(29)17-12-20-21(25-14-17)28(24(31)27(2)23(20)30)18-8-10-19(32-3)11-9-18/h4-12,14H,13H2,1-3H3,(H,26,29). The van der Waals surface area contributed by atoms with Crippen LogP contribution in [0.3, 0.4) is 0 Å². The molecule has 8 nitrogen and oxygen atoms in total. The van der Waals surface area contributed by atoms with Crippen LogP contribution in [0, 0.1) is 6.92 Å². The Hall–Kier alpha value is -4.20. The van der Waals surface area contributed by atoms with Gasteiger partial charge in [-0.3, -0.25) is 14.2 Å². The number of ether oxygens (including phenoxy) is 1. The van der Waals surface area contributed by atoms with Gasteiger partial charge in [-0.15, -0.1) is 0 Å². The third-order valence-corrected chi connectivity index (χ3v) is 5.39. The largest absolute Gasteiger partial charge is 0.497 e. The highest BCUT2D eigenvalue weighted by Gasteiger charge is 2.16. The molecule has 0 saturated heterocycles. The molecule has 0 saturated carbocycles. The molecular formula is C24H22N4O4. The van der Waals surface area contributed by atoms with E-state index in [2.05, 4.69) is 10.3 Å². The molecule has 0 aliphatic rings. The van der Waals surface area contributed by atoms with Crippen LogP contribution in [-0.2, 0) is 13.6 Å². The van der Waals surface area contributed by atoms with E-state index < -0.39 is 11.2 Å². The smallest absolute Gasteiger partial charge is 0.337 e. The second-order valence-electron chi connectivity index (χ2n) is 7.38. The number of hydrogen-bond acceptors (Lipinski definition) is 5. The maximum absolute atomic E-state index is 12.8. The molecule has 0 atom stereocenters. The van der Waals surface area contributed by atoms with E-state index in [9.17, 15) is 14.4 Å². The number of carbonyl (C=O) groups excluding carboxylic acids is 1. The number of hydrogen-bond donors (Lipinski definition) is 1. The number of carbonyl (C=O) groups is 1. The Bertz CT molecular complexity index is 1440. The highest BCUT2D eigenvalue weighted by Crippen LogP contribution is 2.17. The number of nitrogens with zero attached hydrogens (tertiary/aromatic N) is 3. The van der Waals surface area contributed by atoms with E-state index in [0.717, 1.165) is 15.7 Å². The summed E-state index contributed by atoms with van der Waals surface area (Å²) in [4.78, 5) is 42.7. The lowest BCUT2D eigenvalue weighted by Gasteiger charge is -2.13. The van der Waals surface area contributed by atoms with Crippen molar-refractivity contribution in [1.82, 2.24) is 19.4 Å². The SMILES string of the molecule is COc1ccc(-n2c(=O)n(C)c(=O)c3cc(C(=O)NCc4ccccc4C)cnc32)cc1. The fourth-order valence-electron chi connectivity index (χ4n) is 3.48. The van der Waals surface area contributed by atoms with E-state index in [1.807, 2.05) is 31.2 Å². The van der Waals surface area contributed by atoms with Gasteiger partial charge in [-0.05, 0) is 48.4 Å². The molecule has 2 aromatic carbocycles. The van der Waals surface area contributed by atoms with Gasteiger partial charge in [0.15, 0.2) is 5.65 Å². The van der Waals surface area contributed by atoms with Crippen molar-refractivity contribution in [2.75, 3.05) is 7.11 Å². The Labute approximate surface area is 183 Å². The summed E-state index contributed by atoms with van der Waals surface area (Å²) in [7, 11) is 2.95. The van der Waals surface area contributed by atoms with E-state index in [-0.39, 0.29) is 22.5 Å². The lowest BCUT2D eigenvalue weighted by Crippen LogP contribution is -2.38. The van der Waals surface area contributed by atoms with Gasteiger partial charge in [-0.1, -0.05) is 24.3 Å². The number of aromatic nitrogens is 3. The van der Waals surface area contributed by atoms with E-state index in [4.69, 9.17) is 4.74 Å². The quantitative estimate of drug-likeness (QED) is 0.524. The van der Waals surface area contributed by atoms with Gasteiger partial charge in [-0.25, -0.2) is 14.3 Å². The van der Waals surface area contributed by atoms with Crippen LogP contribution in [0.5, 0.6) is 5.75 Å². The topological polar surface area (TPSA) is 95.2 Å². The fraction of sp³-hybridized carbons (Fsp3) is 0.167. The van der Waals surface area contributed by atoms with Gasteiger partial charge in [0.2, 0.25) is 0 Å². The van der Waals surface area contributed by atoms with Gasteiger partial charge in [0.1, 0.15) is 5.75 Å². The minimum Gasteiger partial charge on any atom is -0.497 e. The van der Waals surface area contributed by atoms with Crippen molar-refractivity contribution < 1.29 is 9.53 Å².